The summed E-state index contributed by atoms with van der Waals surface area (Å²) in [5.41, 5.74) is 0.397. The van der Waals surface area contributed by atoms with Crippen LogP contribution in [-0.4, -0.2) is 27.0 Å². The van der Waals surface area contributed by atoms with Gasteiger partial charge in [0, 0.05) is 26.3 Å². The van der Waals surface area contributed by atoms with Crippen molar-refractivity contribution < 1.29 is 5.11 Å². The zero-order valence-corrected chi connectivity index (χ0v) is 9.82. The quantitative estimate of drug-likeness (QED) is 0.740. The summed E-state index contributed by atoms with van der Waals surface area (Å²) in [6, 6.07) is 1.97. The van der Waals surface area contributed by atoms with E-state index in [4.69, 9.17) is 0 Å². The van der Waals surface area contributed by atoms with Crippen LogP contribution in [0.4, 0.5) is 0 Å². The molecule has 0 aromatic carbocycles. The Morgan fingerprint density at radius 2 is 2.33 bits per heavy atom. The van der Waals surface area contributed by atoms with Crippen molar-refractivity contribution in [1.29, 1.82) is 0 Å². The third-order valence-corrected chi connectivity index (χ3v) is 2.37. The summed E-state index contributed by atoms with van der Waals surface area (Å²) in [5, 5.41) is 17.4. The lowest BCUT2D eigenvalue weighted by Crippen LogP contribution is -2.37. The molecule has 0 aliphatic heterocycles. The molecule has 0 amide bonds. The maximum Gasteiger partial charge on any atom is 0.0762 e. The normalized spacial score (nSPS) is 15.2. The molecule has 4 heteroatoms. The third-order valence-electron chi connectivity index (χ3n) is 2.37. The summed E-state index contributed by atoms with van der Waals surface area (Å²) >= 11 is 0. The van der Waals surface area contributed by atoms with Crippen LogP contribution in [-0.2, 0) is 13.6 Å². The molecule has 1 atom stereocenters. The Kier molecular flexibility index (Phi) is 4.29. The number of aromatic nitrogens is 2. The van der Waals surface area contributed by atoms with Crippen LogP contribution in [0.3, 0.4) is 0 Å². The minimum atomic E-state index is -0.608. The molecule has 0 saturated carbocycles. The molecule has 0 spiro atoms. The van der Waals surface area contributed by atoms with Crippen molar-refractivity contribution in [1.82, 2.24) is 15.1 Å². The SMILES string of the molecule is CCCC(C)(O)CNCc1ccn(C)n1. The van der Waals surface area contributed by atoms with E-state index in [-0.39, 0.29) is 0 Å². The average Bonchev–Trinajstić information content (AvgIpc) is 2.51. The monoisotopic (exact) mass is 211 g/mol. The van der Waals surface area contributed by atoms with Gasteiger partial charge < -0.3 is 10.4 Å². The third kappa shape index (κ3) is 4.44. The van der Waals surface area contributed by atoms with E-state index in [9.17, 15) is 5.11 Å². The van der Waals surface area contributed by atoms with Gasteiger partial charge >= 0.3 is 0 Å². The van der Waals surface area contributed by atoms with E-state index in [1.807, 2.05) is 26.2 Å². The number of aryl methyl sites for hydroxylation is 1. The molecule has 15 heavy (non-hydrogen) atoms. The van der Waals surface area contributed by atoms with Gasteiger partial charge in [-0.1, -0.05) is 13.3 Å². The highest BCUT2D eigenvalue weighted by atomic mass is 16.3. The van der Waals surface area contributed by atoms with Gasteiger partial charge in [-0.15, -0.1) is 0 Å². The van der Waals surface area contributed by atoms with Crippen LogP contribution in [0, 0.1) is 0 Å². The van der Waals surface area contributed by atoms with Gasteiger partial charge in [0.15, 0.2) is 0 Å². The first-order chi connectivity index (χ1) is 7.03. The predicted molar refractivity (Wildman–Crippen MR) is 60.4 cm³/mol. The lowest BCUT2D eigenvalue weighted by atomic mass is 10.0. The molecule has 1 aromatic heterocycles. The van der Waals surface area contributed by atoms with E-state index in [1.165, 1.54) is 0 Å². The molecule has 0 aliphatic rings. The second-order valence-corrected chi connectivity index (χ2v) is 4.33. The molecule has 0 aliphatic carbocycles. The first-order valence-corrected chi connectivity index (χ1v) is 5.45. The topological polar surface area (TPSA) is 50.1 Å². The minimum absolute atomic E-state index is 0.608. The van der Waals surface area contributed by atoms with Gasteiger partial charge in [-0.05, 0) is 19.4 Å². The van der Waals surface area contributed by atoms with E-state index in [1.54, 1.807) is 4.68 Å². The standard InChI is InChI=1S/C11H21N3O/c1-4-6-11(2,15)9-12-8-10-5-7-14(3)13-10/h5,7,12,15H,4,6,8-9H2,1-3H3. The minimum Gasteiger partial charge on any atom is -0.389 e. The Bertz CT molecular complexity index is 294. The van der Waals surface area contributed by atoms with Gasteiger partial charge in [-0.2, -0.15) is 5.10 Å². The molecule has 1 unspecified atom stereocenters. The van der Waals surface area contributed by atoms with E-state index in [0.717, 1.165) is 18.5 Å². The Balaban J connectivity index is 2.27. The van der Waals surface area contributed by atoms with Crippen LogP contribution in [0.25, 0.3) is 0 Å². The zero-order chi connectivity index (χ0) is 11.3. The highest BCUT2D eigenvalue weighted by Gasteiger charge is 2.17. The summed E-state index contributed by atoms with van der Waals surface area (Å²) < 4.78 is 1.78. The molecule has 1 heterocycles. The number of nitrogens with one attached hydrogen (secondary N) is 1. The largest absolute Gasteiger partial charge is 0.389 e. The van der Waals surface area contributed by atoms with Crippen molar-refractivity contribution in [3.05, 3.63) is 18.0 Å². The fourth-order valence-electron chi connectivity index (χ4n) is 1.64. The van der Waals surface area contributed by atoms with Gasteiger partial charge in [0.2, 0.25) is 0 Å². The molecular weight excluding hydrogens is 190 g/mol. The fraction of sp³-hybridized carbons (Fsp3) is 0.727. The molecule has 0 fully saturated rings. The van der Waals surface area contributed by atoms with Crippen LogP contribution in [0.1, 0.15) is 32.4 Å². The van der Waals surface area contributed by atoms with Crippen LogP contribution >= 0.6 is 0 Å². The molecule has 0 bridgehead atoms. The maximum atomic E-state index is 9.91. The lowest BCUT2D eigenvalue weighted by Gasteiger charge is -2.22. The summed E-state index contributed by atoms with van der Waals surface area (Å²) in [4.78, 5) is 0. The number of aliphatic hydroxyl groups is 1. The Hall–Kier alpha value is -0.870. The second-order valence-electron chi connectivity index (χ2n) is 4.33. The highest BCUT2D eigenvalue weighted by molar-refractivity contribution is 4.98. The summed E-state index contributed by atoms with van der Waals surface area (Å²) in [6.45, 7) is 5.26. The first-order valence-electron chi connectivity index (χ1n) is 5.45. The Labute approximate surface area is 91.3 Å². The average molecular weight is 211 g/mol. The van der Waals surface area contributed by atoms with E-state index < -0.39 is 5.60 Å². The molecule has 86 valence electrons. The Morgan fingerprint density at radius 1 is 1.60 bits per heavy atom. The number of rotatable bonds is 6. The van der Waals surface area contributed by atoms with Gasteiger partial charge in [0.1, 0.15) is 0 Å². The van der Waals surface area contributed by atoms with Crippen LogP contribution in [0.5, 0.6) is 0 Å². The van der Waals surface area contributed by atoms with Gasteiger partial charge in [0.25, 0.3) is 0 Å². The maximum absolute atomic E-state index is 9.91. The van der Waals surface area contributed by atoms with Crippen molar-refractivity contribution >= 4 is 0 Å². The smallest absolute Gasteiger partial charge is 0.0762 e. The van der Waals surface area contributed by atoms with Gasteiger partial charge in [0.05, 0.1) is 11.3 Å². The molecule has 2 N–H and O–H groups in total. The molecule has 1 aromatic rings. The van der Waals surface area contributed by atoms with E-state index in [2.05, 4.69) is 17.3 Å². The lowest BCUT2D eigenvalue weighted by molar-refractivity contribution is 0.0497. The summed E-state index contributed by atoms with van der Waals surface area (Å²) in [5.74, 6) is 0. The summed E-state index contributed by atoms with van der Waals surface area (Å²) in [7, 11) is 1.90. The van der Waals surface area contributed by atoms with Crippen molar-refractivity contribution in [3.63, 3.8) is 0 Å². The van der Waals surface area contributed by atoms with Gasteiger partial charge in [-0.25, -0.2) is 0 Å². The molecule has 0 radical (unpaired) electrons. The van der Waals surface area contributed by atoms with Crippen LogP contribution in [0.2, 0.25) is 0 Å². The number of hydrogen-bond donors (Lipinski definition) is 2. The first kappa shape index (κ1) is 12.2. The van der Waals surface area contributed by atoms with Crippen LogP contribution < -0.4 is 5.32 Å². The molecular formula is C11H21N3O. The number of nitrogens with zero attached hydrogens (tertiary/aromatic N) is 2. The molecule has 4 nitrogen and oxygen atoms in total. The van der Waals surface area contributed by atoms with Crippen molar-refractivity contribution in [2.75, 3.05) is 6.54 Å². The van der Waals surface area contributed by atoms with Crippen molar-refractivity contribution in [2.24, 2.45) is 7.05 Å². The molecule has 0 saturated heterocycles. The van der Waals surface area contributed by atoms with Crippen molar-refractivity contribution in [3.8, 4) is 0 Å². The van der Waals surface area contributed by atoms with Gasteiger partial charge in [-0.3, -0.25) is 4.68 Å². The van der Waals surface area contributed by atoms with Crippen LogP contribution in [0.15, 0.2) is 12.3 Å². The summed E-state index contributed by atoms with van der Waals surface area (Å²) in [6.07, 6.45) is 3.74. The van der Waals surface area contributed by atoms with E-state index in [0.29, 0.717) is 13.1 Å². The number of hydrogen-bond acceptors (Lipinski definition) is 3. The van der Waals surface area contributed by atoms with E-state index >= 15 is 0 Å². The zero-order valence-electron chi connectivity index (χ0n) is 9.82. The fourth-order valence-corrected chi connectivity index (χ4v) is 1.64. The Morgan fingerprint density at radius 3 is 2.87 bits per heavy atom. The molecule has 1 rings (SSSR count). The predicted octanol–water partition coefficient (Wildman–Crippen LogP) is 1.06. The highest BCUT2D eigenvalue weighted by Crippen LogP contribution is 2.10. The van der Waals surface area contributed by atoms with Crippen molar-refractivity contribution in [2.45, 2.75) is 38.8 Å². The second kappa shape index (κ2) is 5.28.